The summed E-state index contributed by atoms with van der Waals surface area (Å²) < 4.78 is 31.5. The van der Waals surface area contributed by atoms with Crippen LogP contribution in [0.2, 0.25) is 0 Å². The lowest BCUT2D eigenvalue weighted by atomic mass is 10.1. The van der Waals surface area contributed by atoms with Crippen LogP contribution in [0.25, 0.3) is 0 Å². The molecule has 1 fully saturated rings. The number of ether oxygens (including phenoxy) is 1. The molecule has 110 valence electrons. The zero-order valence-electron chi connectivity index (χ0n) is 11.0. The first-order chi connectivity index (χ1) is 9.89. The van der Waals surface area contributed by atoms with Gasteiger partial charge in [0.1, 0.15) is 5.92 Å². The number of imide groups is 1. The van der Waals surface area contributed by atoms with E-state index in [4.69, 9.17) is 0 Å². The molecule has 1 aliphatic carbocycles. The summed E-state index contributed by atoms with van der Waals surface area (Å²) in [6.45, 7) is -0.487. The first kappa shape index (κ1) is 13.7. The quantitative estimate of drug-likeness (QED) is 0.623. The van der Waals surface area contributed by atoms with E-state index in [9.17, 15) is 23.2 Å². The van der Waals surface area contributed by atoms with Gasteiger partial charge in [-0.15, -0.1) is 0 Å². The largest absolute Gasteiger partial charge is 0.469 e. The molecule has 2 atom stereocenters. The average Bonchev–Trinajstić information content (AvgIpc) is 2.93. The molecule has 1 heterocycles. The van der Waals surface area contributed by atoms with Crippen molar-refractivity contribution in [2.75, 3.05) is 13.7 Å². The van der Waals surface area contributed by atoms with E-state index in [1.807, 2.05) is 0 Å². The van der Waals surface area contributed by atoms with Gasteiger partial charge in [-0.1, -0.05) is 12.1 Å². The van der Waals surface area contributed by atoms with Crippen LogP contribution in [0.5, 0.6) is 0 Å². The fourth-order valence-electron chi connectivity index (χ4n) is 2.67. The number of halogens is 2. The van der Waals surface area contributed by atoms with Crippen LogP contribution in [-0.2, 0) is 9.53 Å². The van der Waals surface area contributed by atoms with Gasteiger partial charge >= 0.3 is 5.97 Å². The highest BCUT2D eigenvalue weighted by Gasteiger charge is 2.73. The van der Waals surface area contributed by atoms with Crippen molar-refractivity contribution in [1.82, 2.24) is 4.90 Å². The molecule has 5 nitrogen and oxygen atoms in total. The van der Waals surface area contributed by atoms with Crippen molar-refractivity contribution in [2.24, 2.45) is 11.8 Å². The van der Waals surface area contributed by atoms with Crippen molar-refractivity contribution in [3.8, 4) is 0 Å². The number of methoxy groups -OCH3 is 1. The first-order valence-electron chi connectivity index (χ1n) is 6.30. The van der Waals surface area contributed by atoms with Crippen LogP contribution in [0.4, 0.5) is 8.78 Å². The number of esters is 1. The fourth-order valence-corrected chi connectivity index (χ4v) is 2.67. The van der Waals surface area contributed by atoms with Crippen molar-refractivity contribution in [3.05, 3.63) is 35.4 Å². The molecular formula is C14H11F2NO4. The molecule has 0 aromatic heterocycles. The second kappa shape index (κ2) is 4.34. The van der Waals surface area contributed by atoms with Crippen LogP contribution in [-0.4, -0.2) is 42.3 Å². The predicted octanol–water partition coefficient (Wildman–Crippen LogP) is 1.34. The van der Waals surface area contributed by atoms with Gasteiger partial charge in [-0.25, -0.2) is 8.78 Å². The SMILES string of the molecule is COC(=O)C1C(CN2C(=O)c3ccccc3C2=O)C1(F)F. The van der Waals surface area contributed by atoms with E-state index in [-0.39, 0.29) is 11.1 Å². The molecule has 21 heavy (non-hydrogen) atoms. The van der Waals surface area contributed by atoms with E-state index in [0.29, 0.717) is 0 Å². The molecule has 0 radical (unpaired) electrons. The Kier molecular flexibility index (Phi) is 2.82. The summed E-state index contributed by atoms with van der Waals surface area (Å²) in [4.78, 5) is 36.2. The first-order valence-corrected chi connectivity index (χ1v) is 6.30. The summed E-state index contributed by atoms with van der Waals surface area (Å²) in [5.41, 5.74) is 0.391. The molecule has 1 aromatic carbocycles. The van der Waals surface area contributed by atoms with Gasteiger partial charge in [-0.3, -0.25) is 19.3 Å². The molecule has 0 N–H and O–H groups in total. The summed E-state index contributed by atoms with van der Waals surface area (Å²) in [6.07, 6.45) is 0. The summed E-state index contributed by atoms with van der Waals surface area (Å²) in [5.74, 6) is -8.47. The minimum atomic E-state index is -3.25. The number of hydrogen-bond donors (Lipinski definition) is 0. The lowest BCUT2D eigenvalue weighted by Gasteiger charge is -2.12. The normalized spacial score (nSPS) is 25.8. The standard InChI is InChI=1S/C14H11F2NO4/c1-21-13(20)10-9(14(10,15)16)6-17-11(18)7-4-2-3-5-8(7)12(17)19/h2-5,9-10H,6H2,1H3. The molecule has 3 rings (SSSR count). The van der Waals surface area contributed by atoms with Gasteiger partial charge < -0.3 is 4.74 Å². The molecule has 0 spiro atoms. The lowest BCUT2D eigenvalue weighted by Crippen LogP contribution is -2.33. The minimum absolute atomic E-state index is 0.195. The van der Waals surface area contributed by atoms with Gasteiger partial charge in [0.25, 0.3) is 17.7 Å². The van der Waals surface area contributed by atoms with Gasteiger partial charge in [-0.05, 0) is 12.1 Å². The average molecular weight is 295 g/mol. The zero-order valence-corrected chi connectivity index (χ0v) is 11.0. The Bertz CT molecular complexity index is 623. The molecule has 2 aliphatic rings. The van der Waals surface area contributed by atoms with E-state index in [0.717, 1.165) is 12.0 Å². The number of fused-ring (bicyclic) bond motifs is 1. The number of rotatable bonds is 3. The molecule has 1 aromatic rings. The Morgan fingerprint density at radius 3 is 2.24 bits per heavy atom. The number of nitrogens with zero attached hydrogens (tertiary/aromatic N) is 1. The maximum atomic E-state index is 13.6. The maximum Gasteiger partial charge on any atom is 0.315 e. The molecule has 2 amide bonds. The fraction of sp³-hybridized carbons (Fsp3) is 0.357. The Morgan fingerprint density at radius 1 is 1.24 bits per heavy atom. The summed E-state index contributed by atoms with van der Waals surface area (Å²) in [7, 11) is 1.02. The van der Waals surface area contributed by atoms with E-state index in [1.54, 1.807) is 12.1 Å². The van der Waals surface area contributed by atoms with E-state index >= 15 is 0 Å². The highest BCUT2D eigenvalue weighted by Crippen LogP contribution is 2.56. The van der Waals surface area contributed by atoms with Crippen LogP contribution in [0.1, 0.15) is 20.7 Å². The van der Waals surface area contributed by atoms with E-state index in [2.05, 4.69) is 4.74 Å². The molecular weight excluding hydrogens is 284 g/mol. The molecule has 0 saturated heterocycles. The molecule has 1 aliphatic heterocycles. The second-order valence-corrected chi connectivity index (χ2v) is 5.05. The molecule has 1 saturated carbocycles. The van der Waals surface area contributed by atoms with Gasteiger partial charge in [0.15, 0.2) is 0 Å². The number of carbonyl (C=O) groups excluding carboxylic acids is 3. The lowest BCUT2D eigenvalue weighted by molar-refractivity contribution is -0.144. The van der Waals surface area contributed by atoms with Crippen LogP contribution in [0.3, 0.4) is 0 Å². The van der Waals surface area contributed by atoms with Gasteiger partial charge in [0.05, 0.1) is 24.2 Å². The number of carbonyl (C=O) groups is 3. The van der Waals surface area contributed by atoms with Gasteiger partial charge in [-0.2, -0.15) is 0 Å². The monoisotopic (exact) mass is 295 g/mol. The maximum absolute atomic E-state index is 13.6. The highest BCUT2D eigenvalue weighted by atomic mass is 19.3. The van der Waals surface area contributed by atoms with E-state index in [1.165, 1.54) is 12.1 Å². The molecule has 7 heteroatoms. The molecule has 0 bridgehead atoms. The Balaban J connectivity index is 1.81. The number of benzene rings is 1. The number of hydrogen-bond acceptors (Lipinski definition) is 4. The predicted molar refractivity (Wildman–Crippen MR) is 65.8 cm³/mol. The Labute approximate surface area is 118 Å². The van der Waals surface area contributed by atoms with Crippen LogP contribution in [0, 0.1) is 11.8 Å². The third kappa shape index (κ3) is 1.84. The van der Waals surface area contributed by atoms with Gasteiger partial charge in [0, 0.05) is 6.54 Å². The third-order valence-electron chi connectivity index (χ3n) is 3.91. The van der Waals surface area contributed by atoms with Crippen LogP contribution >= 0.6 is 0 Å². The summed E-state index contributed by atoms with van der Waals surface area (Å²) in [6, 6.07) is 6.13. The topological polar surface area (TPSA) is 63.7 Å². The second-order valence-electron chi connectivity index (χ2n) is 5.05. The highest BCUT2D eigenvalue weighted by molar-refractivity contribution is 6.21. The van der Waals surface area contributed by atoms with Crippen molar-refractivity contribution in [3.63, 3.8) is 0 Å². The van der Waals surface area contributed by atoms with Crippen molar-refractivity contribution >= 4 is 17.8 Å². The summed E-state index contributed by atoms with van der Waals surface area (Å²) in [5, 5.41) is 0. The third-order valence-corrected chi connectivity index (χ3v) is 3.91. The van der Waals surface area contributed by atoms with Crippen molar-refractivity contribution in [2.45, 2.75) is 5.92 Å². The van der Waals surface area contributed by atoms with E-state index < -0.39 is 42.1 Å². The van der Waals surface area contributed by atoms with Crippen molar-refractivity contribution < 1.29 is 27.9 Å². The van der Waals surface area contributed by atoms with Crippen LogP contribution < -0.4 is 0 Å². The Hall–Kier alpha value is -2.31. The number of alkyl halides is 2. The Morgan fingerprint density at radius 2 is 1.76 bits per heavy atom. The van der Waals surface area contributed by atoms with Crippen LogP contribution in [0.15, 0.2) is 24.3 Å². The minimum Gasteiger partial charge on any atom is -0.469 e. The number of amides is 2. The molecule has 2 unspecified atom stereocenters. The summed E-state index contributed by atoms with van der Waals surface area (Å²) >= 11 is 0. The van der Waals surface area contributed by atoms with Gasteiger partial charge in [0.2, 0.25) is 0 Å². The van der Waals surface area contributed by atoms with Crippen molar-refractivity contribution in [1.29, 1.82) is 0 Å². The smallest absolute Gasteiger partial charge is 0.315 e. The zero-order chi connectivity index (χ0) is 15.4.